The molecule has 0 aromatic carbocycles. The summed E-state index contributed by atoms with van der Waals surface area (Å²) in [6.07, 6.45) is 1.28. The van der Waals surface area contributed by atoms with Gasteiger partial charge in [-0.3, -0.25) is 4.79 Å². The van der Waals surface area contributed by atoms with Gasteiger partial charge in [-0.1, -0.05) is 0 Å². The molecular weight excluding hydrogens is 254 g/mol. The molecule has 0 aromatic rings. The maximum Gasteiger partial charge on any atom is 0.350 e. The lowest BCUT2D eigenvalue weighted by atomic mass is 9.78. The Hall–Kier alpha value is -0.760. The minimum Gasteiger partial charge on any atom is -0.356 e. The summed E-state index contributed by atoms with van der Waals surface area (Å²) in [5, 5.41) is 2.70. The summed E-state index contributed by atoms with van der Waals surface area (Å²) in [6.45, 7) is 0.664. The minimum atomic E-state index is -4.47. The number of alkyl halides is 2. The second kappa shape index (κ2) is 4.16. The molecule has 2 rings (SSSR count). The van der Waals surface area contributed by atoms with Crippen molar-refractivity contribution in [3.8, 4) is 0 Å². The number of sulfonamides is 1. The number of halogens is 2. The van der Waals surface area contributed by atoms with Crippen LogP contribution in [0, 0.1) is 5.41 Å². The molecule has 2 heterocycles. The molecule has 2 fully saturated rings. The quantitative estimate of drug-likeness (QED) is 0.774. The lowest BCUT2D eigenvalue weighted by Gasteiger charge is -2.37. The van der Waals surface area contributed by atoms with Crippen molar-refractivity contribution >= 4 is 15.9 Å². The van der Waals surface area contributed by atoms with E-state index >= 15 is 0 Å². The van der Waals surface area contributed by atoms with Crippen LogP contribution in [0.5, 0.6) is 0 Å². The third-order valence-corrected chi connectivity index (χ3v) is 5.10. The molecule has 17 heavy (non-hydrogen) atoms. The van der Waals surface area contributed by atoms with Gasteiger partial charge >= 0.3 is 5.76 Å². The second-order valence-electron chi connectivity index (χ2n) is 4.66. The van der Waals surface area contributed by atoms with Crippen molar-refractivity contribution in [2.24, 2.45) is 5.41 Å². The van der Waals surface area contributed by atoms with Crippen LogP contribution >= 0.6 is 0 Å². The highest BCUT2D eigenvalue weighted by molar-refractivity contribution is 7.89. The van der Waals surface area contributed by atoms with E-state index in [1.54, 1.807) is 0 Å². The van der Waals surface area contributed by atoms with E-state index in [-0.39, 0.29) is 24.4 Å². The van der Waals surface area contributed by atoms with Gasteiger partial charge in [-0.05, 0) is 18.3 Å². The predicted octanol–water partition coefficient (Wildman–Crippen LogP) is 0.141. The highest BCUT2D eigenvalue weighted by Gasteiger charge is 2.44. The molecule has 98 valence electrons. The van der Waals surface area contributed by atoms with Crippen LogP contribution in [0.2, 0.25) is 0 Å². The molecule has 0 aromatic heterocycles. The summed E-state index contributed by atoms with van der Waals surface area (Å²) in [5.41, 5.74) is -0.231. The van der Waals surface area contributed by atoms with E-state index in [0.29, 0.717) is 25.8 Å². The van der Waals surface area contributed by atoms with Crippen LogP contribution in [0.15, 0.2) is 0 Å². The largest absolute Gasteiger partial charge is 0.356 e. The van der Waals surface area contributed by atoms with Gasteiger partial charge in [0.15, 0.2) is 0 Å². The fraction of sp³-hybridized carbons (Fsp3) is 0.889. The van der Waals surface area contributed by atoms with E-state index < -0.39 is 15.8 Å². The van der Waals surface area contributed by atoms with Gasteiger partial charge < -0.3 is 5.32 Å². The molecular formula is C9H14F2N2O3S. The van der Waals surface area contributed by atoms with Gasteiger partial charge in [0.1, 0.15) is 0 Å². The number of nitrogens with one attached hydrogen (secondary N) is 1. The monoisotopic (exact) mass is 268 g/mol. The SMILES string of the molecule is O=C1CC2(CCN(S(=O)(=O)C(F)F)CC2)CN1. The topological polar surface area (TPSA) is 66.5 Å². The Kier molecular flexibility index (Phi) is 3.11. The van der Waals surface area contributed by atoms with E-state index in [4.69, 9.17) is 0 Å². The first kappa shape index (κ1) is 12.7. The standard InChI is InChI=1S/C9H14F2N2O3S/c10-8(11)17(15,16)13-3-1-9(2-4-13)5-7(14)12-6-9/h8H,1-6H2,(H,12,14). The van der Waals surface area contributed by atoms with E-state index in [1.807, 2.05) is 0 Å². The second-order valence-corrected chi connectivity index (χ2v) is 6.56. The summed E-state index contributed by atoms with van der Waals surface area (Å²) >= 11 is 0. The third-order valence-electron chi connectivity index (χ3n) is 3.56. The number of carbonyl (C=O) groups is 1. The fourth-order valence-corrected chi connectivity index (χ4v) is 3.35. The molecule has 2 aliphatic rings. The Balaban J connectivity index is 2.02. The van der Waals surface area contributed by atoms with Crippen molar-refractivity contribution in [1.82, 2.24) is 9.62 Å². The van der Waals surface area contributed by atoms with Crippen molar-refractivity contribution in [3.63, 3.8) is 0 Å². The number of piperidine rings is 1. The molecule has 0 atom stereocenters. The first-order valence-electron chi connectivity index (χ1n) is 5.40. The van der Waals surface area contributed by atoms with Gasteiger partial charge in [-0.15, -0.1) is 0 Å². The van der Waals surface area contributed by atoms with Crippen molar-refractivity contribution < 1.29 is 22.0 Å². The summed E-state index contributed by atoms with van der Waals surface area (Å²) in [5.74, 6) is -3.41. The van der Waals surface area contributed by atoms with Gasteiger partial charge in [-0.25, -0.2) is 8.42 Å². The molecule has 8 heteroatoms. The maximum atomic E-state index is 12.3. The van der Waals surface area contributed by atoms with Gasteiger partial charge in [0.25, 0.3) is 10.0 Å². The van der Waals surface area contributed by atoms with Crippen LogP contribution in [0.4, 0.5) is 8.78 Å². The molecule has 0 radical (unpaired) electrons. The van der Waals surface area contributed by atoms with Gasteiger partial charge in [0.05, 0.1) is 0 Å². The lowest BCUT2D eigenvalue weighted by Crippen LogP contribution is -2.45. The van der Waals surface area contributed by atoms with Gasteiger partial charge in [0, 0.05) is 26.1 Å². The smallest absolute Gasteiger partial charge is 0.350 e. The Morgan fingerprint density at radius 3 is 2.29 bits per heavy atom. The van der Waals surface area contributed by atoms with E-state index in [2.05, 4.69) is 5.32 Å². The summed E-state index contributed by atoms with van der Waals surface area (Å²) in [7, 11) is -4.47. The van der Waals surface area contributed by atoms with E-state index in [0.717, 1.165) is 4.31 Å². The van der Waals surface area contributed by atoms with Crippen molar-refractivity contribution in [3.05, 3.63) is 0 Å². The average molecular weight is 268 g/mol. The zero-order valence-corrected chi connectivity index (χ0v) is 9.97. The van der Waals surface area contributed by atoms with Crippen LogP contribution in [0.25, 0.3) is 0 Å². The van der Waals surface area contributed by atoms with Crippen LogP contribution < -0.4 is 5.32 Å². The first-order chi connectivity index (χ1) is 7.86. The first-order valence-corrected chi connectivity index (χ1v) is 6.90. The Bertz CT molecular complexity index is 416. The Labute approximate surface area is 98.2 Å². The summed E-state index contributed by atoms with van der Waals surface area (Å²) in [4.78, 5) is 11.1. The molecule has 0 saturated carbocycles. The fourth-order valence-electron chi connectivity index (χ4n) is 2.43. The molecule has 2 saturated heterocycles. The molecule has 0 unspecified atom stereocenters. The van der Waals surface area contributed by atoms with Crippen LogP contribution in [-0.4, -0.2) is 44.0 Å². The number of nitrogens with zero attached hydrogens (tertiary/aromatic N) is 1. The van der Waals surface area contributed by atoms with Crippen molar-refractivity contribution in [1.29, 1.82) is 0 Å². The van der Waals surface area contributed by atoms with Crippen LogP contribution in [0.1, 0.15) is 19.3 Å². The van der Waals surface area contributed by atoms with Gasteiger partial charge in [-0.2, -0.15) is 13.1 Å². The molecule has 0 aliphatic carbocycles. The summed E-state index contributed by atoms with van der Waals surface area (Å²) < 4.78 is 48.0. The lowest BCUT2D eigenvalue weighted by molar-refractivity contribution is -0.119. The number of amides is 1. The molecule has 1 amide bonds. The predicted molar refractivity (Wildman–Crippen MR) is 55.8 cm³/mol. The number of rotatable bonds is 2. The van der Waals surface area contributed by atoms with Gasteiger partial charge in [0.2, 0.25) is 5.91 Å². The zero-order valence-electron chi connectivity index (χ0n) is 9.16. The third kappa shape index (κ3) is 2.28. The number of hydrogen-bond acceptors (Lipinski definition) is 3. The maximum absolute atomic E-state index is 12.3. The van der Waals surface area contributed by atoms with E-state index in [1.165, 1.54) is 0 Å². The molecule has 5 nitrogen and oxygen atoms in total. The average Bonchev–Trinajstić information content (AvgIpc) is 2.60. The number of hydrogen-bond donors (Lipinski definition) is 1. The highest BCUT2D eigenvalue weighted by atomic mass is 32.2. The van der Waals surface area contributed by atoms with Crippen LogP contribution in [0.3, 0.4) is 0 Å². The molecule has 0 bridgehead atoms. The number of carbonyl (C=O) groups excluding carboxylic acids is 1. The highest BCUT2D eigenvalue weighted by Crippen LogP contribution is 2.38. The molecule has 1 spiro atoms. The zero-order chi connectivity index (χ0) is 12.7. The van der Waals surface area contributed by atoms with Crippen LogP contribution in [-0.2, 0) is 14.8 Å². The Morgan fingerprint density at radius 1 is 1.29 bits per heavy atom. The molecule has 1 N–H and O–H groups in total. The minimum absolute atomic E-state index is 0.0461. The summed E-state index contributed by atoms with van der Waals surface area (Å²) in [6, 6.07) is 0. The normalized spacial score (nSPS) is 25.5. The van der Waals surface area contributed by atoms with Crippen molar-refractivity contribution in [2.45, 2.75) is 25.0 Å². The van der Waals surface area contributed by atoms with E-state index in [9.17, 15) is 22.0 Å². The Morgan fingerprint density at radius 2 is 1.88 bits per heavy atom. The van der Waals surface area contributed by atoms with Crippen molar-refractivity contribution in [2.75, 3.05) is 19.6 Å². The molecule has 2 aliphatic heterocycles.